The quantitative estimate of drug-likeness (QED) is 0.742. The normalized spacial score (nSPS) is 15.8. The molecular weight excluding hydrogens is 192 g/mol. The van der Waals surface area contributed by atoms with Gasteiger partial charge < -0.3 is 10.1 Å². The Morgan fingerprint density at radius 2 is 2.40 bits per heavy atom. The molecule has 1 aliphatic rings. The van der Waals surface area contributed by atoms with E-state index in [2.05, 4.69) is 10.3 Å². The highest BCUT2D eigenvalue weighted by Gasteiger charge is 2.19. The average Bonchev–Trinajstić information content (AvgIpc) is 2.16. The molecule has 0 radical (unpaired) electrons. The number of nitrogens with zero attached hydrogens (tertiary/aromatic N) is 1. The summed E-state index contributed by atoms with van der Waals surface area (Å²) in [5.41, 5.74) is 1.42. The maximum atomic E-state index is 11.5. The number of carbonyl (C=O) groups excluding carboxylic acids is 1. The van der Waals surface area contributed by atoms with Gasteiger partial charge in [-0.2, -0.15) is 0 Å². The first-order chi connectivity index (χ1) is 7.25. The minimum Gasteiger partial charge on any atom is -0.462 e. The van der Waals surface area contributed by atoms with E-state index in [1.165, 1.54) is 0 Å². The number of carbonyl (C=O) groups is 1. The third kappa shape index (κ3) is 2.53. The Morgan fingerprint density at radius 3 is 2.93 bits per heavy atom. The fourth-order valence-electron chi connectivity index (χ4n) is 1.33. The predicted molar refractivity (Wildman–Crippen MR) is 55.6 cm³/mol. The summed E-state index contributed by atoms with van der Waals surface area (Å²) in [6.07, 6.45) is 1.55. The molecule has 0 atom stereocenters. The SMILES string of the molecule is Cc1ccc(C(=O)OCC2CNC2)cn1. The molecule has 0 spiro atoms. The van der Waals surface area contributed by atoms with E-state index >= 15 is 0 Å². The minimum atomic E-state index is -0.283. The van der Waals surface area contributed by atoms with E-state index in [4.69, 9.17) is 4.74 Å². The summed E-state index contributed by atoms with van der Waals surface area (Å²) in [5, 5.41) is 3.13. The van der Waals surface area contributed by atoms with Crippen LogP contribution in [0.3, 0.4) is 0 Å². The summed E-state index contributed by atoms with van der Waals surface area (Å²) in [4.78, 5) is 15.6. The van der Waals surface area contributed by atoms with Crippen LogP contribution in [0.2, 0.25) is 0 Å². The summed E-state index contributed by atoms with van der Waals surface area (Å²) >= 11 is 0. The van der Waals surface area contributed by atoms with Crippen molar-refractivity contribution in [1.82, 2.24) is 10.3 Å². The Kier molecular flexibility index (Phi) is 2.97. The fourth-order valence-corrected chi connectivity index (χ4v) is 1.33. The molecule has 0 saturated carbocycles. The van der Waals surface area contributed by atoms with Gasteiger partial charge in [-0.1, -0.05) is 0 Å². The van der Waals surface area contributed by atoms with Crippen molar-refractivity contribution in [3.05, 3.63) is 29.6 Å². The van der Waals surface area contributed by atoms with Crippen molar-refractivity contribution in [1.29, 1.82) is 0 Å². The van der Waals surface area contributed by atoms with E-state index < -0.39 is 0 Å². The highest BCUT2D eigenvalue weighted by molar-refractivity contribution is 5.88. The van der Waals surface area contributed by atoms with Crippen LogP contribution in [-0.4, -0.2) is 30.6 Å². The third-order valence-corrected chi connectivity index (χ3v) is 2.46. The second kappa shape index (κ2) is 4.40. The van der Waals surface area contributed by atoms with Crippen molar-refractivity contribution < 1.29 is 9.53 Å². The van der Waals surface area contributed by atoms with Crippen molar-refractivity contribution >= 4 is 5.97 Å². The lowest BCUT2D eigenvalue weighted by Gasteiger charge is -2.26. The number of pyridine rings is 1. The lowest BCUT2D eigenvalue weighted by molar-refractivity contribution is 0.0397. The zero-order valence-corrected chi connectivity index (χ0v) is 8.69. The minimum absolute atomic E-state index is 0.283. The van der Waals surface area contributed by atoms with Crippen LogP contribution in [0.15, 0.2) is 18.3 Å². The molecule has 15 heavy (non-hydrogen) atoms. The second-order valence-electron chi connectivity index (χ2n) is 3.81. The first-order valence-electron chi connectivity index (χ1n) is 5.06. The van der Waals surface area contributed by atoms with Gasteiger partial charge in [-0.3, -0.25) is 4.98 Å². The summed E-state index contributed by atoms with van der Waals surface area (Å²) in [7, 11) is 0. The standard InChI is InChI=1S/C11H14N2O2/c1-8-2-3-10(6-13-8)11(14)15-7-9-4-12-5-9/h2-3,6,9,12H,4-5,7H2,1H3. The maximum absolute atomic E-state index is 11.5. The summed E-state index contributed by atoms with van der Waals surface area (Å²) < 4.78 is 5.15. The smallest absolute Gasteiger partial charge is 0.339 e. The van der Waals surface area contributed by atoms with Gasteiger partial charge in [-0.15, -0.1) is 0 Å². The molecule has 80 valence electrons. The van der Waals surface area contributed by atoms with E-state index in [-0.39, 0.29) is 5.97 Å². The second-order valence-corrected chi connectivity index (χ2v) is 3.81. The van der Waals surface area contributed by atoms with Gasteiger partial charge in [0, 0.05) is 30.9 Å². The summed E-state index contributed by atoms with van der Waals surface area (Å²) in [5.74, 6) is 0.196. The van der Waals surface area contributed by atoms with Crippen molar-refractivity contribution in [2.75, 3.05) is 19.7 Å². The average molecular weight is 206 g/mol. The lowest BCUT2D eigenvalue weighted by atomic mass is 10.1. The van der Waals surface area contributed by atoms with Crippen molar-refractivity contribution in [3.8, 4) is 0 Å². The largest absolute Gasteiger partial charge is 0.462 e. The number of ether oxygens (including phenoxy) is 1. The van der Waals surface area contributed by atoms with Gasteiger partial charge in [0.25, 0.3) is 0 Å². The Hall–Kier alpha value is -1.42. The molecule has 4 nitrogen and oxygen atoms in total. The zero-order valence-electron chi connectivity index (χ0n) is 8.69. The van der Waals surface area contributed by atoms with Gasteiger partial charge in [0.2, 0.25) is 0 Å². The molecule has 2 rings (SSSR count). The molecule has 2 heterocycles. The van der Waals surface area contributed by atoms with Gasteiger partial charge in [0.05, 0.1) is 12.2 Å². The van der Waals surface area contributed by atoms with Gasteiger partial charge >= 0.3 is 5.97 Å². The number of aryl methyl sites for hydroxylation is 1. The molecule has 0 amide bonds. The van der Waals surface area contributed by atoms with Gasteiger partial charge in [0.1, 0.15) is 0 Å². The fraction of sp³-hybridized carbons (Fsp3) is 0.455. The van der Waals surface area contributed by atoms with E-state index in [9.17, 15) is 4.79 Å². The molecule has 0 aromatic carbocycles. The lowest BCUT2D eigenvalue weighted by Crippen LogP contribution is -2.44. The van der Waals surface area contributed by atoms with Crippen LogP contribution in [0.4, 0.5) is 0 Å². The molecule has 1 aromatic rings. The molecule has 1 saturated heterocycles. The van der Waals surface area contributed by atoms with Crippen molar-refractivity contribution in [2.45, 2.75) is 6.92 Å². The molecule has 4 heteroatoms. The molecule has 0 aliphatic carbocycles. The molecule has 0 unspecified atom stereocenters. The Labute approximate surface area is 88.7 Å². The number of rotatable bonds is 3. The van der Waals surface area contributed by atoms with E-state index in [0.29, 0.717) is 18.1 Å². The van der Waals surface area contributed by atoms with E-state index in [1.54, 1.807) is 12.3 Å². The van der Waals surface area contributed by atoms with Crippen molar-refractivity contribution in [3.63, 3.8) is 0 Å². The third-order valence-electron chi connectivity index (χ3n) is 2.46. The molecule has 1 N–H and O–H groups in total. The Bertz CT molecular complexity index is 344. The van der Waals surface area contributed by atoms with Crippen molar-refractivity contribution in [2.24, 2.45) is 5.92 Å². The number of esters is 1. The highest BCUT2D eigenvalue weighted by atomic mass is 16.5. The van der Waals surface area contributed by atoms with Crippen LogP contribution in [0.5, 0.6) is 0 Å². The van der Waals surface area contributed by atoms with Crippen LogP contribution in [0, 0.1) is 12.8 Å². The molecular formula is C11H14N2O2. The molecule has 1 aliphatic heterocycles. The first kappa shape index (κ1) is 10.1. The number of hydrogen-bond acceptors (Lipinski definition) is 4. The van der Waals surface area contributed by atoms with Crippen LogP contribution in [0.1, 0.15) is 16.1 Å². The molecule has 0 bridgehead atoms. The molecule has 1 aromatic heterocycles. The Balaban J connectivity index is 1.86. The highest BCUT2D eigenvalue weighted by Crippen LogP contribution is 2.06. The van der Waals surface area contributed by atoms with E-state index in [0.717, 1.165) is 18.8 Å². The summed E-state index contributed by atoms with van der Waals surface area (Å²) in [6.45, 7) is 4.27. The van der Waals surface area contributed by atoms with Gasteiger partial charge in [-0.25, -0.2) is 4.79 Å². The van der Waals surface area contributed by atoms with Crippen LogP contribution >= 0.6 is 0 Å². The summed E-state index contributed by atoms with van der Waals surface area (Å²) in [6, 6.07) is 3.55. The topological polar surface area (TPSA) is 51.2 Å². The van der Waals surface area contributed by atoms with Crippen LogP contribution < -0.4 is 5.32 Å². The Morgan fingerprint density at radius 1 is 1.60 bits per heavy atom. The molecule has 1 fully saturated rings. The van der Waals surface area contributed by atoms with Gasteiger partial charge in [0.15, 0.2) is 0 Å². The van der Waals surface area contributed by atoms with Gasteiger partial charge in [-0.05, 0) is 19.1 Å². The van der Waals surface area contributed by atoms with E-state index in [1.807, 2.05) is 13.0 Å². The van der Waals surface area contributed by atoms with Crippen LogP contribution in [0.25, 0.3) is 0 Å². The monoisotopic (exact) mass is 206 g/mol. The number of aromatic nitrogens is 1. The zero-order chi connectivity index (χ0) is 10.7. The predicted octanol–water partition coefficient (Wildman–Crippen LogP) is 0.766. The number of hydrogen-bond donors (Lipinski definition) is 1. The maximum Gasteiger partial charge on any atom is 0.339 e. The van der Waals surface area contributed by atoms with Crippen LogP contribution in [-0.2, 0) is 4.74 Å². The number of nitrogens with one attached hydrogen (secondary N) is 1. The first-order valence-corrected chi connectivity index (χ1v) is 5.06.